The fourth-order valence-corrected chi connectivity index (χ4v) is 1.82. The Morgan fingerprint density at radius 3 is 2.60 bits per heavy atom. The van der Waals surface area contributed by atoms with Crippen molar-refractivity contribution < 1.29 is 0 Å². The average Bonchev–Trinajstić information content (AvgIpc) is 2.14. The van der Waals surface area contributed by atoms with Crippen molar-refractivity contribution in [3.8, 4) is 0 Å². The van der Waals surface area contributed by atoms with Gasteiger partial charge in [-0.25, -0.2) is 10.4 Å². The molecule has 0 aliphatic rings. The van der Waals surface area contributed by atoms with Crippen LogP contribution in [0.25, 0.3) is 0 Å². The SMILES string of the molecule is Cc1cc(Cl)ccc1C(CN)NN(C)C. The molecule has 0 saturated heterocycles. The van der Waals surface area contributed by atoms with Gasteiger partial charge in [-0.15, -0.1) is 0 Å². The maximum absolute atomic E-state index is 5.91. The van der Waals surface area contributed by atoms with Crippen LogP contribution in [0.15, 0.2) is 18.2 Å². The molecule has 1 rings (SSSR count). The Morgan fingerprint density at radius 2 is 2.13 bits per heavy atom. The number of aryl methyl sites for hydroxylation is 1. The summed E-state index contributed by atoms with van der Waals surface area (Å²) in [6.45, 7) is 2.60. The normalized spacial score (nSPS) is 13.2. The van der Waals surface area contributed by atoms with Gasteiger partial charge in [0.1, 0.15) is 0 Å². The zero-order valence-electron chi connectivity index (χ0n) is 9.42. The van der Waals surface area contributed by atoms with Crippen molar-refractivity contribution in [2.45, 2.75) is 13.0 Å². The lowest BCUT2D eigenvalue weighted by Crippen LogP contribution is -2.38. The molecule has 0 amide bonds. The van der Waals surface area contributed by atoms with Crippen LogP contribution in [0, 0.1) is 6.92 Å². The molecule has 3 N–H and O–H groups in total. The Morgan fingerprint density at radius 1 is 1.47 bits per heavy atom. The van der Waals surface area contributed by atoms with Gasteiger partial charge in [-0.3, -0.25) is 0 Å². The molecular formula is C11H18ClN3. The Labute approximate surface area is 96.2 Å². The highest BCUT2D eigenvalue weighted by molar-refractivity contribution is 6.30. The summed E-state index contributed by atoms with van der Waals surface area (Å²) >= 11 is 5.91. The fraction of sp³-hybridized carbons (Fsp3) is 0.455. The molecule has 0 radical (unpaired) electrons. The van der Waals surface area contributed by atoms with Crippen molar-refractivity contribution in [2.24, 2.45) is 5.73 Å². The van der Waals surface area contributed by atoms with E-state index >= 15 is 0 Å². The minimum atomic E-state index is 0.136. The van der Waals surface area contributed by atoms with Gasteiger partial charge in [0, 0.05) is 25.7 Å². The minimum absolute atomic E-state index is 0.136. The topological polar surface area (TPSA) is 41.3 Å². The first-order valence-corrected chi connectivity index (χ1v) is 5.32. The van der Waals surface area contributed by atoms with Gasteiger partial charge in [0.2, 0.25) is 0 Å². The van der Waals surface area contributed by atoms with E-state index in [0.29, 0.717) is 6.54 Å². The molecule has 1 aromatic rings. The molecule has 0 aliphatic heterocycles. The standard InChI is InChI=1S/C11H18ClN3/c1-8-6-9(12)4-5-10(8)11(7-13)14-15(2)3/h4-6,11,14H,7,13H2,1-3H3. The van der Waals surface area contributed by atoms with Gasteiger partial charge < -0.3 is 5.73 Å². The van der Waals surface area contributed by atoms with Gasteiger partial charge in [-0.2, -0.15) is 0 Å². The van der Waals surface area contributed by atoms with Crippen LogP contribution in [-0.4, -0.2) is 25.6 Å². The predicted molar refractivity (Wildman–Crippen MR) is 64.8 cm³/mol. The van der Waals surface area contributed by atoms with E-state index < -0.39 is 0 Å². The third-order valence-corrected chi connectivity index (χ3v) is 2.49. The molecule has 0 fully saturated rings. The summed E-state index contributed by atoms with van der Waals surface area (Å²) in [4.78, 5) is 0. The quantitative estimate of drug-likeness (QED) is 0.770. The minimum Gasteiger partial charge on any atom is -0.329 e. The Kier molecular flexibility index (Phi) is 4.54. The molecule has 1 aromatic carbocycles. The summed E-state index contributed by atoms with van der Waals surface area (Å²) < 4.78 is 0. The number of rotatable bonds is 4. The highest BCUT2D eigenvalue weighted by atomic mass is 35.5. The number of benzene rings is 1. The maximum Gasteiger partial charge on any atom is 0.0589 e. The van der Waals surface area contributed by atoms with Crippen molar-refractivity contribution in [2.75, 3.05) is 20.6 Å². The van der Waals surface area contributed by atoms with E-state index in [2.05, 4.69) is 5.43 Å². The van der Waals surface area contributed by atoms with Gasteiger partial charge >= 0.3 is 0 Å². The van der Waals surface area contributed by atoms with E-state index in [9.17, 15) is 0 Å². The summed E-state index contributed by atoms with van der Waals surface area (Å²) in [5.41, 5.74) is 11.4. The molecule has 3 nitrogen and oxygen atoms in total. The van der Waals surface area contributed by atoms with E-state index in [1.165, 1.54) is 5.56 Å². The van der Waals surface area contributed by atoms with Crippen LogP contribution >= 0.6 is 11.6 Å². The molecule has 1 unspecified atom stereocenters. The number of hydrogen-bond donors (Lipinski definition) is 2. The fourth-order valence-electron chi connectivity index (χ4n) is 1.59. The van der Waals surface area contributed by atoms with E-state index in [4.69, 9.17) is 17.3 Å². The second kappa shape index (κ2) is 5.47. The molecule has 0 spiro atoms. The monoisotopic (exact) mass is 227 g/mol. The molecule has 0 aromatic heterocycles. The van der Waals surface area contributed by atoms with Crippen LogP contribution in [0.3, 0.4) is 0 Å². The highest BCUT2D eigenvalue weighted by Gasteiger charge is 2.12. The van der Waals surface area contributed by atoms with Crippen molar-refractivity contribution in [1.82, 2.24) is 10.4 Å². The van der Waals surface area contributed by atoms with Crippen LogP contribution in [0.2, 0.25) is 5.02 Å². The molecule has 1 atom stereocenters. The molecule has 0 bridgehead atoms. The van der Waals surface area contributed by atoms with Crippen molar-refractivity contribution in [3.05, 3.63) is 34.3 Å². The molecule has 4 heteroatoms. The lowest BCUT2D eigenvalue weighted by atomic mass is 10.0. The first-order valence-electron chi connectivity index (χ1n) is 4.94. The van der Waals surface area contributed by atoms with E-state index in [-0.39, 0.29) is 6.04 Å². The molecule has 0 aliphatic carbocycles. The molecule has 84 valence electrons. The zero-order chi connectivity index (χ0) is 11.4. The number of hydrogen-bond acceptors (Lipinski definition) is 3. The third-order valence-electron chi connectivity index (χ3n) is 2.26. The number of nitrogens with one attached hydrogen (secondary N) is 1. The van der Waals surface area contributed by atoms with Gasteiger partial charge in [-0.05, 0) is 30.2 Å². The van der Waals surface area contributed by atoms with Crippen LogP contribution in [0.4, 0.5) is 0 Å². The lowest BCUT2D eigenvalue weighted by molar-refractivity contribution is 0.245. The van der Waals surface area contributed by atoms with Crippen LogP contribution in [0.1, 0.15) is 17.2 Å². The predicted octanol–water partition coefficient (Wildman–Crippen LogP) is 1.71. The van der Waals surface area contributed by atoms with Gasteiger partial charge in [0.25, 0.3) is 0 Å². The summed E-state index contributed by atoms with van der Waals surface area (Å²) in [5, 5.41) is 2.67. The highest BCUT2D eigenvalue weighted by Crippen LogP contribution is 2.20. The number of nitrogens with two attached hydrogens (primary N) is 1. The summed E-state index contributed by atoms with van der Waals surface area (Å²) in [6.07, 6.45) is 0. The van der Waals surface area contributed by atoms with Crippen LogP contribution in [0.5, 0.6) is 0 Å². The van der Waals surface area contributed by atoms with Crippen molar-refractivity contribution >= 4 is 11.6 Å². The first kappa shape index (κ1) is 12.5. The molecular weight excluding hydrogens is 210 g/mol. The Hall–Kier alpha value is -0.610. The summed E-state index contributed by atoms with van der Waals surface area (Å²) in [5.74, 6) is 0. The van der Waals surface area contributed by atoms with Crippen LogP contribution < -0.4 is 11.2 Å². The van der Waals surface area contributed by atoms with Crippen molar-refractivity contribution in [3.63, 3.8) is 0 Å². The number of halogens is 1. The van der Waals surface area contributed by atoms with Gasteiger partial charge in [-0.1, -0.05) is 17.7 Å². The van der Waals surface area contributed by atoms with E-state index in [1.807, 2.05) is 44.2 Å². The third kappa shape index (κ3) is 3.47. The van der Waals surface area contributed by atoms with E-state index in [1.54, 1.807) is 0 Å². The summed E-state index contributed by atoms with van der Waals surface area (Å²) in [6, 6.07) is 6.00. The molecule has 15 heavy (non-hydrogen) atoms. The molecule has 0 saturated carbocycles. The second-order valence-electron chi connectivity index (χ2n) is 3.81. The average molecular weight is 228 g/mol. The lowest BCUT2D eigenvalue weighted by Gasteiger charge is -2.23. The largest absolute Gasteiger partial charge is 0.329 e. The summed E-state index contributed by atoms with van der Waals surface area (Å²) in [7, 11) is 3.90. The molecule has 0 heterocycles. The van der Waals surface area contributed by atoms with Gasteiger partial charge in [0.05, 0.1) is 6.04 Å². The zero-order valence-corrected chi connectivity index (χ0v) is 10.2. The second-order valence-corrected chi connectivity index (χ2v) is 4.25. The maximum atomic E-state index is 5.91. The van der Waals surface area contributed by atoms with E-state index in [0.717, 1.165) is 10.6 Å². The Balaban J connectivity index is 2.91. The number of nitrogens with zero attached hydrogens (tertiary/aromatic N) is 1. The van der Waals surface area contributed by atoms with Gasteiger partial charge in [0.15, 0.2) is 0 Å². The smallest absolute Gasteiger partial charge is 0.0589 e. The number of hydrazine groups is 1. The van der Waals surface area contributed by atoms with Crippen molar-refractivity contribution in [1.29, 1.82) is 0 Å². The Bertz CT molecular complexity index is 326. The van der Waals surface area contributed by atoms with Crippen LogP contribution in [-0.2, 0) is 0 Å². The first-order chi connectivity index (χ1) is 7.04.